The Hall–Kier alpha value is -1.89. The molecule has 0 aliphatic heterocycles. The third kappa shape index (κ3) is 3.80. The number of nitrogens with one attached hydrogen (secondary N) is 1. The highest BCUT2D eigenvalue weighted by Gasteiger charge is 2.06. The van der Waals surface area contributed by atoms with E-state index < -0.39 is 0 Å². The maximum atomic E-state index is 5.08. The first-order valence-corrected chi connectivity index (χ1v) is 6.80. The topological polar surface area (TPSA) is 69.8 Å². The minimum Gasteiger partial charge on any atom is -0.385 e. The fourth-order valence-electron chi connectivity index (χ4n) is 2.06. The summed E-state index contributed by atoms with van der Waals surface area (Å²) in [5.41, 5.74) is 1.02. The molecule has 0 saturated heterocycles. The molecule has 110 valence electrons. The molecule has 0 fully saturated rings. The lowest BCUT2D eigenvalue weighted by Gasteiger charge is -2.09. The summed E-state index contributed by atoms with van der Waals surface area (Å²) in [5, 5.41) is 11.3. The van der Waals surface area contributed by atoms with Crippen LogP contribution in [-0.4, -0.2) is 44.6 Å². The lowest BCUT2D eigenvalue weighted by molar-refractivity contribution is 0.190. The number of aromatic nitrogens is 5. The Morgan fingerprint density at radius 2 is 2.25 bits per heavy atom. The molecule has 0 saturated carbocycles. The summed E-state index contributed by atoms with van der Waals surface area (Å²) in [6.45, 7) is 4.45. The smallest absolute Gasteiger partial charge is 0.203 e. The minimum atomic E-state index is 0.760. The van der Waals surface area contributed by atoms with Crippen LogP contribution < -0.4 is 5.32 Å². The molecule has 1 N–H and O–H groups in total. The van der Waals surface area contributed by atoms with Crippen LogP contribution in [0.15, 0.2) is 12.5 Å². The second kappa shape index (κ2) is 7.04. The van der Waals surface area contributed by atoms with Gasteiger partial charge in [0.15, 0.2) is 0 Å². The molecule has 0 spiro atoms. The van der Waals surface area contributed by atoms with Crippen molar-refractivity contribution < 1.29 is 4.74 Å². The molecule has 7 nitrogen and oxygen atoms in total. The van der Waals surface area contributed by atoms with Crippen molar-refractivity contribution in [3.05, 3.63) is 24.0 Å². The van der Waals surface area contributed by atoms with E-state index in [4.69, 9.17) is 4.74 Å². The molecule has 0 radical (unpaired) electrons. The van der Waals surface area contributed by atoms with E-state index in [1.165, 1.54) is 0 Å². The van der Waals surface area contributed by atoms with E-state index in [-0.39, 0.29) is 0 Å². The van der Waals surface area contributed by atoms with E-state index in [9.17, 15) is 0 Å². The van der Waals surface area contributed by atoms with Crippen molar-refractivity contribution in [3.63, 3.8) is 0 Å². The van der Waals surface area contributed by atoms with E-state index in [1.807, 2.05) is 18.5 Å². The van der Waals surface area contributed by atoms with Crippen LogP contribution in [0.2, 0.25) is 0 Å². The molecular formula is C13H22N6O. The quantitative estimate of drug-likeness (QED) is 0.730. The number of anilines is 1. The summed E-state index contributed by atoms with van der Waals surface area (Å²) in [5.74, 6) is 1.87. The molecule has 2 heterocycles. The summed E-state index contributed by atoms with van der Waals surface area (Å²) >= 11 is 0. The Morgan fingerprint density at radius 1 is 1.40 bits per heavy atom. The first-order valence-electron chi connectivity index (χ1n) is 6.80. The molecule has 7 heteroatoms. The van der Waals surface area contributed by atoms with Gasteiger partial charge in [-0.3, -0.25) is 0 Å². The van der Waals surface area contributed by atoms with Gasteiger partial charge in [-0.05, 0) is 13.3 Å². The predicted molar refractivity (Wildman–Crippen MR) is 76.7 cm³/mol. The zero-order valence-corrected chi connectivity index (χ0v) is 12.3. The summed E-state index contributed by atoms with van der Waals surface area (Å²) in [6.07, 6.45) is 5.57. The Kier molecular flexibility index (Phi) is 5.11. The Bertz CT molecular complexity index is 533. The first kappa shape index (κ1) is 14.5. The molecule has 20 heavy (non-hydrogen) atoms. The number of hydrogen-bond donors (Lipinski definition) is 1. The molecular weight excluding hydrogens is 256 g/mol. The third-order valence-corrected chi connectivity index (χ3v) is 3.08. The lowest BCUT2D eigenvalue weighted by Crippen LogP contribution is -2.13. The molecule has 0 aromatic carbocycles. The summed E-state index contributed by atoms with van der Waals surface area (Å²) in [4.78, 5) is 4.50. The summed E-state index contributed by atoms with van der Waals surface area (Å²) in [7, 11) is 3.67. The van der Waals surface area contributed by atoms with Crippen molar-refractivity contribution >= 4 is 5.95 Å². The van der Waals surface area contributed by atoms with Gasteiger partial charge in [-0.15, -0.1) is 10.2 Å². The van der Waals surface area contributed by atoms with Gasteiger partial charge in [-0.2, -0.15) is 0 Å². The molecule has 0 unspecified atom stereocenters. The van der Waals surface area contributed by atoms with E-state index in [0.717, 1.165) is 50.0 Å². The number of methoxy groups -OCH3 is 1. The molecule has 0 atom stereocenters. The van der Waals surface area contributed by atoms with Gasteiger partial charge in [-0.25, -0.2) is 4.98 Å². The van der Waals surface area contributed by atoms with Crippen LogP contribution in [0.5, 0.6) is 0 Å². The Labute approximate surface area is 119 Å². The monoisotopic (exact) mass is 278 g/mol. The largest absolute Gasteiger partial charge is 0.385 e. The number of rotatable bonds is 8. The normalized spacial score (nSPS) is 10.9. The fourth-order valence-corrected chi connectivity index (χ4v) is 2.06. The molecule has 2 aromatic heterocycles. The van der Waals surface area contributed by atoms with E-state index in [2.05, 4.69) is 31.3 Å². The van der Waals surface area contributed by atoms with Gasteiger partial charge in [0.2, 0.25) is 5.95 Å². The number of imidazole rings is 1. The standard InChI is InChI=1S/C13H22N6O/c1-11-9-19(7-4-8-20-3)13(16-11)14-6-5-12-17-15-10-18(12)2/h9-10H,4-8H2,1-3H3,(H,14,16). The molecule has 0 aliphatic carbocycles. The molecule has 0 bridgehead atoms. The lowest BCUT2D eigenvalue weighted by atomic mass is 10.4. The number of aryl methyl sites for hydroxylation is 3. The maximum absolute atomic E-state index is 5.08. The van der Waals surface area contributed by atoms with Gasteiger partial charge < -0.3 is 19.2 Å². The molecule has 0 amide bonds. The van der Waals surface area contributed by atoms with Crippen LogP contribution in [0.4, 0.5) is 5.95 Å². The number of ether oxygens (including phenoxy) is 1. The van der Waals surface area contributed by atoms with Crippen LogP contribution >= 0.6 is 0 Å². The van der Waals surface area contributed by atoms with Crippen molar-refractivity contribution in [1.82, 2.24) is 24.3 Å². The molecule has 2 aromatic rings. The predicted octanol–water partition coefficient (Wildman–Crippen LogP) is 1.01. The van der Waals surface area contributed by atoms with Gasteiger partial charge in [0.1, 0.15) is 12.2 Å². The van der Waals surface area contributed by atoms with Gasteiger partial charge >= 0.3 is 0 Å². The number of nitrogens with zero attached hydrogens (tertiary/aromatic N) is 5. The van der Waals surface area contributed by atoms with Gasteiger partial charge in [-0.1, -0.05) is 0 Å². The van der Waals surface area contributed by atoms with Crippen LogP contribution in [0.3, 0.4) is 0 Å². The average molecular weight is 278 g/mol. The van der Waals surface area contributed by atoms with E-state index >= 15 is 0 Å². The van der Waals surface area contributed by atoms with Crippen LogP contribution in [-0.2, 0) is 24.8 Å². The van der Waals surface area contributed by atoms with E-state index in [0.29, 0.717) is 0 Å². The highest BCUT2D eigenvalue weighted by atomic mass is 16.5. The second-order valence-corrected chi connectivity index (χ2v) is 4.78. The average Bonchev–Trinajstić information content (AvgIpc) is 2.97. The van der Waals surface area contributed by atoms with Gasteiger partial charge in [0.05, 0.1) is 5.69 Å². The highest BCUT2D eigenvalue weighted by Crippen LogP contribution is 2.09. The van der Waals surface area contributed by atoms with E-state index in [1.54, 1.807) is 13.4 Å². The van der Waals surface area contributed by atoms with Crippen LogP contribution in [0, 0.1) is 6.92 Å². The first-order chi connectivity index (χ1) is 9.70. The van der Waals surface area contributed by atoms with Crippen molar-refractivity contribution in [3.8, 4) is 0 Å². The third-order valence-electron chi connectivity index (χ3n) is 3.08. The maximum Gasteiger partial charge on any atom is 0.203 e. The van der Waals surface area contributed by atoms with Crippen molar-refractivity contribution in [1.29, 1.82) is 0 Å². The second-order valence-electron chi connectivity index (χ2n) is 4.78. The Balaban J connectivity index is 1.87. The summed E-state index contributed by atoms with van der Waals surface area (Å²) < 4.78 is 9.14. The zero-order valence-electron chi connectivity index (χ0n) is 12.3. The van der Waals surface area contributed by atoms with Gasteiger partial charge in [0, 0.05) is 46.5 Å². The fraction of sp³-hybridized carbons (Fsp3) is 0.615. The molecule has 0 aliphatic rings. The minimum absolute atomic E-state index is 0.760. The highest BCUT2D eigenvalue weighted by molar-refractivity contribution is 5.28. The Morgan fingerprint density at radius 3 is 2.95 bits per heavy atom. The SMILES string of the molecule is COCCCn1cc(C)nc1NCCc1nncn1C. The zero-order chi connectivity index (χ0) is 14.4. The molecule has 2 rings (SSSR count). The van der Waals surface area contributed by atoms with Gasteiger partial charge in [0.25, 0.3) is 0 Å². The van der Waals surface area contributed by atoms with Crippen LogP contribution in [0.1, 0.15) is 17.9 Å². The van der Waals surface area contributed by atoms with Crippen molar-refractivity contribution in [2.24, 2.45) is 7.05 Å². The number of hydrogen-bond acceptors (Lipinski definition) is 5. The summed E-state index contributed by atoms with van der Waals surface area (Å²) in [6, 6.07) is 0. The van der Waals surface area contributed by atoms with Crippen LogP contribution in [0.25, 0.3) is 0 Å². The van der Waals surface area contributed by atoms with Crippen molar-refractivity contribution in [2.45, 2.75) is 26.3 Å². The van der Waals surface area contributed by atoms with Crippen molar-refractivity contribution in [2.75, 3.05) is 25.6 Å².